The SMILES string of the molecule is NC(=O)N1C2CCc3ccsc3C2=CN1N. The minimum Gasteiger partial charge on any atom is -0.350 e. The average Bonchev–Trinajstić information content (AvgIpc) is 2.78. The molecule has 0 saturated heterocycles. The summed E-state index contributed by atoms with van der Waals surface area (Å²) in [5.41, 5.74) is 7.77. The predicted molar refractivity (Wildman–Crippen MR) is 61.9 cm³/mol. The van der Waals surface area contributed by atoms with E-state index in [1.807, 2.05) is 0 Å². The van der Waals surface area contributed by atoms with Crippen LogP contribution in [-0.2, 0) is 6.42 Å². The van der Waals surface area contributed by atoms with E-state index in [1.165, 1.54) is 20.6 Å². The first-order chi connectivity index (χ1) is 7.68. The Balaban J connectivity index is 2.04. The van der Waals surface area contributed by atoms with E-state index in [0.29, 0.717) is 0 Å². The highest BCUT2D eigenvalue weighted by molar-refractivity contribution is 7.11. The summed E-state index contributed by atoms with van der Waals surface area (Å²) in [6.07, 6.45) is 3.65. The lowest BCUT2D eigenvalue weighted by atomic mass is 9.91. The maximum Gasteiger partial charge on any atom is 0.335 e. The molecule has 1 aliphatic heterocycles. The number of urea groups is 1. The fourth-order valence-electron chi connectivity index (χ4n) is 2.42. The molecular weight excluding hydrogens is 224 g/mol. The summed E-state index contributed by atoms with van der Waals surface area (Å²) >= 11 is 1.69. The normalized spacial score (nSPS) is 22.8. The molecule has 1 atom stereocenters. The predicted octanol–water partition coefficient (Wildman–Crippen LogP) is 0.889. The van der Waals surface area contributed by atoms with Gasteiger partial charge in [0.05, 0.1) is 6.04 Å². The van der Waals surface area contributed by atoms with Gasteiger partial charge in [0.2, 0.25) is 0 Å². The van der Waals surface area contributed by atoms with E-state index in [1.54, 1.807) is 17.5 Å². The summed E-state index contributed by atoms with van der Waals surface area (Å²) in [7, 11) is 0. The summed E-state index contributed by atoms with van der Waals surface area (Å²) in [4.78, 5) is 12.5. The number of fused-ring (bicyclic) bond motifs is 3. The Kier molecular flexibility index (Phi) is 1.95. The van der Waals surface area contributed by atoms with Crippen LogP contribution in [0.2, 0.25) is 0 Å². The summed E-state index contributed by atoms with van der Waals surface area (Å²) < 4.78 is 0. The van der Waals surface area contributed by atoms with Crippen LogP contribution in [0.5, 0.6) is 0 Å². The second kappa shape index (κ2) is 3.23. The monoisotopic (exact) mass is 236 g/mol. The molecule has 0 aromatic carbocycles. The van der Waals surface area contributed by atoms with Crippen LogP contribution in [-0.4, -0.2) is 22.2 Å². The Morgan fingerprint density at radius 2 is 2.38 bits per heavy atom. The quantitative estimate of drug-likeness (QED) is 0.657. The summed E-state index contributed by atoms with van der Waals surface area (Å²) in [6, 6.07) is 1.64. The first-order valence-electron chi connectivity index (χ1n) is 5.09. The van der Waals surface area contributed by atoms with E-state index < -0.39 is 6.03 Å². The van der Waals surface area contributed by atoms with Crippen LogP contribution in [0.4, 0.5) is 4.79 Å². The molecular formula is C10H12N4OS. The van der Waals surface area contributed by atoms with Crippen molar-refractivity contribution in [2.24, 2.45) is 11.6 Å². The van der Waals surface area contributed by atoms with Gasteiger partial charge in [-0.15, -0.1) is 11.3 Å². The maximum atomic E-state index is 11.3. The number of hydrogen-bond donors (Lipinski definition) is 2. The number of carbonyl (C=O) groups is 1. The summed E-state index contributed by atoms with van der Waals surface area (Å²) in [5, 5.41) is 4.79. The molecule has 2 heterocycles. The van der Waals surface area contributed by atoms with Crippen LogP contribution in [0.1, 0.15) is 16.9 Å². The fourth-order valence-corrected chi connectivity index (χ4v) is 3.43. The van der Waals surface area contributed by atoms with Crippen molar-refractivity contribution < 1.29 is 4.79 Å². The molecule has 3 rings (SSSR count). The van der Waals surface area contributed by atoms with E-state index in [-0.39, 0.29) is 6.04 Å². The van der Waals surface area contributed by atoms with Gasteiger partial charge in [-0.3, -0.25) is 0 Å². The van der Waals surface area contributed by atoms with Crippen LogP contribution >= 0.6 is 11.3 Å². The molecule has 1 aromatic heterocycles. The number of hydrogen-bond acceptors (Lipinski definition) is 4. The number of thiophene rings is 1. The summed E-state index contributed by atoms with van der Waals surface area (Å²) in [6.45, 7) is 0. The van der Waals surface area contributed by atoms with E-state index >= 15 is 0 Å². The fraction of sp³-hybridized carbons (Fsp3) is 0.300. The van der Waals surface area contributed by atoms with Gasteiger partial charge in [-0.25, -0.2) is 20.8 Å². The zero-order valence-corrected chi connectivity index (χ0v) is 9.41. The van der Waals surface area contributed by atoms with Gasteiger partial charge in [0.15, 0.2) is 0 Å². The standard InChI is InChI=1S/C10H12N4OS/c11-10(15)14-8-2-1-6-3-4-16-9(6)7(8)5-13(14)12/h3-5,8H,1-2,12H2,(H2,11,15). The average molecular weight is 236 g/mol. The number of hydrazine groups is 2. The third-order valence-electron chi connectivity index (χ3n) is 3.10. The van der Waals surface area contributed by atoms with Gasteiger partial charge < -0.3 is 5.73 Å². The lowest BCUT2D eigenvalue weighted by Crippen LogP contribution is -2.51. The number of rotatable bonds is 0. The van der Waals surface area contributed by atoms with Gasteiger partial charge in [0.1, 0.15) is 0 Å². The highest BCUT2D eigenvalue weighted by atomic mass is 32.1. The Hall–Kier alpha value is -1.53. The van der Waals surface area contributed by atoms with Crippen molar-refractivity contribution in [1.82, 2.24) is 10.1 Å². The molecule has 2 amide bonds. The minimum atomic E-state index is -0.501. The highest BCUT2D eigenvalue weighted by Gasteiger charge is 2.38. The zero-order chi connectivity index (χ0) is 11.3. The van der Waals surface area contributed by atoms with Crippen molar-refractivity contribution in [3.63, 3.8) is 0 Å². The maximum absolute atomic E-state index is 11.3. The van der Waals surface area contributed by atoms with Crippen molar-refractivity contribution in [3.8, 4) is 0 Å². The molecule has 2 aliphatic rings. The van der Waals surface area contributed by atoms with E-state index in [0.717, 1.165) is 18.4 Å². The van der Waals surface area contributed by atoms with Gasteiger partial charge >= 0.3 is 6.03 Å². The molecule has 6 heteroatoms. The molecule has 0 bridgehead atoms. The number of carbonyl (C=O) groups excluding carboxylic acids is 1. The van der Waals surface area contributed by atoms with Gasteiger partial charge in [0.25, 0.3) is 0 Å². The van der Waals surface area contributed by atoms with Gasteiger partial charge in [-0.1, -0.05) is 0 Å². The van der Waals surface area contributed by atoms with E-state index in [9.17, 15) is 4.79 Å². The molecule has 0 saturated carbocycles. The molecule has 1 aromatic rings. The molecule has 16 heavy (non-hydrogen) atoms. The zero-order valence-electron chi connectivity index (χ0n) is 8.59. The molecule has 5 nitrogen and oxygen atoms in total. The van der Waals surface area contributed by atoms with Crippen molar-refractivity contribution in [2.45, 2.75) is 18.9 Å². The van der Waals surface area contributed by atoms with Crippen LogP contribution in [0.25, 0.3) is 5.57 Å². The Morgan fingerprint density at radius 1 is 1.56 bits per heavy atom. The van der Waals surface area contributed by atoms with Crippen LogP contribution < -0.4 is 11.6 Å². The number of aryl methyl sites for hydroxylation is 1. The number of primary amides is 1. The Labute approximate surface area is 96.9 Å². The first kappa shape index (κ1) is 9.68. The Bertz CT molecular complexity index is 481. The highest BCUT2D eigenvalue weighted by Crippen LogP contribution is 2.40. The molecule has 1 aliphatic carbocycles. The lowest BCUT2D eigenvalue weighted by molar-refractivity contribution is 0.0584. The van der Waals surface area contributed by atoms with E-state index in [2.05, 4.69) is 11.4 Å². The van der Waals surface area contributed by atoms with Crippen molar-refractivity contribution in [1.29, 1.82) is 0 Å². The minimum absolute atomic E-state index is 0.00801. The second-order valence-corrected chi connectivity index (χ2v) is 4.89. The molecule has 0 radical (unpaired) electrons. The van der Waals surface area contributed by atoms with Crippen LogP contribution in [0, 0.1) is 0 Å². The van der Waals surface area contributed by atoms with Gasteiger partial charge in [-0.05, 0) is 29.9 Å². The number of nitrogens with two attached hydrogens (primary N) is 2. The second-order valence-electron chi connectivity index (χ2n) is 3.98. The molecule has 84 valence electrons. The number of nitrogens with zero attached hydrogens (tertiary/aromatic N) is 2. The van der Waals surface area contributed by atoms with Crippen molar-refractivity contribution in [3.05, 3.63) is 28.1 Å². The van der Waals surface area contributed by atoms with Crippen LogP contribution in [0.3, 0.4) is 0 Å². The van der Waals surface area contributed by atoms with Gasteiger partial charge in [0, 0.05) is 16.7 Å². The molecule has 4 N–H and O–H groups in total. The topological polar surface area (TPSA) is 75.6 Å². The van der Waals surface area contributed by atoms with Gasteiger partial charge in [-0.2, -0.15) is 0 Å². The lowest BCUT2D eigenvalue weighted by Gasteiger charge is -2.31. The molecule has 0 spiro atoms. The largest absolute Gasteiger partial charge is 0.350 e. The number of amides is 2. The third-order valence-corrected chi connectivity index (χ3v) is 4.10. The first-order valence-corrected chi connectivity index (χ1v) is 5.97. The third kappa shape index (κ3) is 1.17. The Morgan fingerprint density at radius 3 is 3.12 bits per heavy atom. The van der Waals surface area contributed by atoms with Crippen molar-refractivity contribution in [2.75, 3.05) is 0 Å². The van der Waals surface area contributed by atoms with E-state index in [4.69, 9.17) is 11.6 Å². The smallest absolute Gasteiger partial charge is 0.335 e. The molecule has 0 fully saturated rings. The van der Waals surface area contributed by atoms with Crippen molar-refractivity contribution >= 4 is 22.9 Å². The molecule has 1 unspecified atom stereocenters. The summed E-state index contributed by atoms with van der Waals surface area (Å²) in [5.74, 6) is 5.75. The van der Waals surface area contributed by atoms with Crippen LogP contribution in [0.15, 0.2) is 17.6 Å².